The van der Waals surface area contributed by atoms with Crippen molar-refractivity contribution in [2.45, 2.75) is 52.5 Å². The third kappa shape index (κ3) is 4.33. The van der Waals surface area contributed by atoms with Gasteiger partial charge in [-0.1, -0.05) is 20.8 Å². The summed E-state index contributed by atoms with van der Waals surface area (Å²) in [7, 11) is 0. The molecule has 0 radical (unpaired) electrons. The van der Waals surface area contributed by atoms with Crippen LogP contribution < -0.4 is 5.32 Å². The Morgan fingerprint density at radius 3 is 2.31 bits per heavy atom. The summed E-state index contributed by atoms with van der Waals surface area (Å²) in [5.74, 6) is -0.257. The fourth-order valence-corrected chi connectivity index (χ4v) is 5.24. The van der Waals surface area contributed by atoms with Crippen LogP contribution in [0.3, 0.4) is 0 Å². The van der Waals surface area contributed by atoms with Gasteiger partial charge in [-0.15, -0.1) is 0 Å². The molecule has 162 valence electrons. The summed E-state index contributed by atoms with van der Waals surface area (Å²) < 4.78 is 4.98. The second kappa shape index (κ2) is 7.84. The van der Waals surface area contributed by atoms with Gasteiger partial charge < -0.3 is 19.9 Å². The normalized spacial score (nSPS) is 29.2. The number of nitrogens with one attached hydrogen (secondary N) is 1. The maximum atomic E-state index is 13.2. The summed E-state index contributed by atoms with van der Waals surface area (Å²) in [6.45, 7) is 9.58. The number of hydrogen-bond donors (Lipinski definition) is 1. The van der Waals surface area contributed by atoms with E-state index in [1.165, 1.54) is 0 Å². The molecule has 2 saturated heterocycles. The third-order valence-corrected chi connectivity index (χ3v) is 6.08. The highest BCUT2D eigenvalue weighted by atomic mass is 16.6. The van der Waals surface area contributed by atoms with Crippen molar-refractivity contribution in [2.75, 3.05) is 39.3 Å². The summed E-state index contributed by atoms with van der Waals surface area (Å²) in [5.41, 5.74) is -0.953. The molecule has 1 aliphatic carbocycles. The number of imide groups is 1. The average Bonchev–Trinajstić information content (AvgIpc) is 2.83. The van der Waals surface area contributed by atoms with E-state index in [1.807, 2.05) is 0 Å². The van der Waals surface area contributed by atoms with Crippen LogP contribution >= 0.6 is 0 Å². The number of carbonyl (C=O) groups excluding carboxylic acids is 4. The first-order chi connectivity index (χ1) is 13.6. The molecule has 3 rings (SSSR count). The van der Waals surface area contributed by atoms with Crippen molar-refractivity contribution in [3.8, 4) is 0 Å². The Labute approximate surface area is 171 Å². The molecule has 9 heteroatoms. The summed E-state index contributed by atoms with van der Waals surface area (Å²) in [6.07, 6.45) is 1.80. The summed E-state index contributed by atoms with van der Waals surface area (Å²) in [4.78, 5) is 54.4. The molecule has 1 spiro atoms. The molecule has 0 aromatic heterocycles. The van der Waals surface area contributed by atoms with Crippen molar-refractivity contribution in [1.29, 1.82) is 0 Å². The van der Waals surface area contributed by atoms with Gasteiger partial charge in [0.25, 0.3) is 5.91 Å². The lowest BCUT2D eigenvalue weighted by Crippen LogP contribution is -2.55. The van der Waals surface area contributed by atoms with Crippen LogP contribution in [0.1, 0.15) is 47.0 Å². The van der Waals surface area contributed by atoms with E-state index in [2.05, 4.69) is 26.1 Å². The molecule has 29 heavy (non-hydrogen) atoms. The van der Waals surface area contributed by atoms with Gasteiger partial charge in [-0.25, -0.2) is 9.59 Å². The minimum atomic E-state index is -0.902. The zero-order chi connectivity index (χ0) is 21.4. The lowest BCUT2D eigenvalue weighted by Gasteiger charge is -2.43. The van der Waals surface area contributed by atoms with Crippen LogP contribution in [0.15, 0.2) is 0 Å². The first-order valence-corrected chi connectivity index (χ1v) is 10.4. The number of amides is 5. The van der Waals surface area contributed by atoms with E-state index >= 15 is 0 Å². The van der Waals surface area contributed by atoms with Crippen molar-refractivity contribution in [1.82, 2.24) is 20.0 Å². The third-order valence-electron chi connectivity index (χ3n) is 6.08. The summed E-state index contributed by atoms with van der Waals surface area (Å²) in [5, 5.41) is 2.90. The van der Waals surface area contributed by atoms with Crippen LogP contribution in [0.4, 0.5) is 9.59 Å². The first kappa shape index (κ1) is 21.4. The Balaban J connectivity index is 1.61. The molecule has 0 aromatic carbocycles. The Kier molecular flexibility index (Phi) is 5.78. The fraction of sp³-hybridized carbons (Fsp3) is 0.800. The molecule has 1 N–H and O–H groups in total. The topological polar surface area (TPSA) is 99.3 Å². The van der Waals surface area contributed by atoms with E-state index in [9.17, 15) is 19.2 Å². The SMILES string of the molecule is CCOC(=O)N1CCN(C(=O)CN2C(=O)NC3(CC(C)CC(C)(C)C3)C2=O)CC1. The Morgan fingerprint density at radius 2 is 1.72 bits per heavy atom. The summed E-state index contributed by atoms with van der Waals surface area (Å²) >= 11 is 0. The predicted octanol–water partition coefficient (Wildman–Crippen LogP) is 1.42. The number of ether oxygens (including phenoxy) is 1. The van der Waals surface area contributed by atoms with Gasteiger partial charge in [0.2, 0.25) is 5.91 Å². The largest absolute Gasteiger partial charge is 0.450 e. The van der Waals surface area contributed by atoms with Gasteiger partial charge >= 0.3 is 12.1 Å². The highest BCUT2D eigenvalue weighted by Crippen LogP contribution is 2.46. The maximum absolute atomic E-state index is 13.2. The molecule has 3 aliphatic rings. The smallest absolute Gasteiger partial charge is 0.409 e. The van der Waals surface area contributed by atoms with Gasteiger partial charge in [0.1, 0.15) is 12.1 Å². The molecule has 0 aromatic rings. The van der Waals surface area contributed by atoms with E-state index in [0.717, 1.165) is 11.3 Å². The van der Waals surface area contributed by atoms with E-state index in [4.69, 9.17) is 4.74 Å². The van der Waals surface area contributed by atoms with E-state index in [-0.39, 0.29) is 29.9 Å². The zero-order valence-corrected chi connectivity index (χ0v) is 17.8. The van der Waals surface area contributed by atoms with Crippen molar-refractivity contribution >= 4 is 23.9 Å². The average molecular weight is 408 g/mol. The van der Waals surface area contributed by atoms with Gasteiger partial charge in [-0.2, -0.15) is 0 Å². The van der Waals surface area contributed by atoms with Crippen molar-refractivity contribution in [3.63, 3.8) is 0 Å². The van der Waals surface area contributed by atoms with Crippen LogP contribution in [0.25, 0.3) is 0 Å². The maximum Gasteiger partial charge on any atom is 0.409 e. The monoisotopic (exact) mass is 408 g/mol. The fourth-order valence-electron chi connectivity index (χ4n) is 5.24. The van der Waals surface area contributed by atoms with Gasteiger partial charge in [-0.05, 0) is 37.5 Å². The van der Waals surface area contributed by atoms with E-state index in [0.29, 0.717) is 51.5 Å². The van der Waals surface area contributed by atoms with Crippen LogP contribution in [0, 0.1) is 11.3 Å². The Bertz CT molecular complexity index is 701. The van der Waals surface area contributed by atoms with Crippen LogP contribution in [0.2, 0.25) is 0 Å². The number of hydrogen-bond acceptors (Lipinski definition) is 5. The second-order valence-electron chi connectivity index (χ2n) is 9.32. The lowest BCUT2D eigenvalue weighted by molar-refractivity contribution is -0.141. The number of carbonyl (C=O) groups is 4. The van der Waals surface area contributed by atoms with Crippen LogP contribution in [-0.4, -0.2) is 83.5 Å². The number of urea groups is 1. The molecular formula is C20H32N4O5. The minimum Gasteiger partial charge on any atom is -0.450 e. The molecule has 2 atom stereocenters. The van der Waals surface area contributed by atoms with Crippen molar-refractivity contribution < 1.29 is 23.9 Å². The molecule has 0 bridgehead atoms. The minimum absolute atomic E-state index is 0.0515. The molecule has 2 aliphatic heterocycles. The molecule has 9 nitrogen and oxygen atoms in total. The summed E-state index contributed by atoms with van der Waals surface area (Å²) in [6, 6.07) is -0.488. The van der Waals surface area contributed by atoms with E-state index < -0.39 is 11.6 Å². The zero-order valence-electron chi connectivity index (χ0n) is 17.8. The van der Waals surface area contributed by atoms with E-state index in [1.54, 1.807) is 16.7 Å². The number of nitrogens with zero attached hydrogens (tertiary/aromatic N) is 3. The Morgan fingerprint density at radius 1 is 1.10 bits per heavy atom. The first-order valence-electron chi connectivity index (χ1n) is 10.4. The molecule has 1 saturated carbocycles. The Hall–Kier alpha value is -2.32. The number of rotatable bonds is 3. The van der Waals surface area contributed by atoms with Crippen LogP contribution in [0.5, 0.6) is 0 Å². The van der Waals surface area contributed by atoms with Gasteiger partial charge in [-0.3, -0.25) is 14.5 Å². The van der Waals surface area contributed by atoms with Crippen LogP contribution in [-0.2, 0) is 14.3 Å². The lowest BCUT2D eigenvalue weighted by atomic mass is 9.64. The highest BCUT2D eigenvalue weighted by Gasteiger charge is 2.56. The standard InChI is InChI=1S/C20H32N4O5/c1-5-29-18(28)23-8-6-22(7-9-23)15(25)12-24-16(26)20(21-17(24)27)11-14(2)10-19(3,4)13-20/h14H,5-13H2,1-4H3,(H,21,27). The predicted molar refractivity (Wildman–Crippen MR) is 105 cm³/mol. The molecular weight excluding hydrogens is 376 g/mol. The number of piperazine rings is 1. The molecule has 2 unspecified atom stereocenters. The van der Waals surface area contributed by atoms with Gasteiger partial charge in [0, 0.05) is 26.2 Å². The molecule has 3 fully saturated rings. The molecule has 5 amide bonds. The highest BCUT2D eigenvalue weighted by molar-refractivity contribution is 6.09. The van der Waals surface area contributed by atoms with Crippen molar-refractivity contribution in [2.24, 2.45) is 11.3 Å². The van der Waals surface area contributed by atoms with Crippen molar-refractivity contribution in [3.05, 3.63) is 0 Å². The van der Waals surface area contributed by atoms with Gasteiger partial charge in [0.05, 0.1) is 6.61 Å². The molecule has 2 heterocycles. The quantitative estimate of drug-likeness (QED) is 0.712. The second-order valence-corrected chi connectivity index (χ2v) is 9.32. The van der Waals surface area contributed by atoms with Gasteiger partial charge in [0.15, 0.2) is 0 Å².